The number of benzene rings is 2. The molecule has 0 aliphatic carbocycles. The Bertz CT molecular complexity index is 680. The lowest BCUT2D eigenvalue weighted by Crippen LogP contribution is -2.30. The molecule has 1 N–H and O–H groups in total. The predicted octanol–water partition coefficient (Wildman–Crippen LogP) is 5.18. The van der Waals surface area contributed by atoms with E-state index in [0.29, 0.717) is 16.7 Å². The molecule has 3 nitrogen and oxygen atoms in total. The summed E-state index contributed by atoms with van der Waals surface area (Å²) in [5.41, 5.74) is 2.90. The molecular formula is C19H22ClNO2. The Labute approximate surface area is 142 Å². The zero-order valence-electron chi connectivity index (χ0n) is 13.9. The molecule has 0 heterocycles. The number of carbonyl (C=O) groups excluding carboxylic acids is 1. The average Bonchev–Trinajstić information content (AvgIpc) is 2.50. The highest BCUT2D eigenvalue weighted by Crippen LogP contribution is 2.21. The lowest BCUT2D eigenvalue weighted by Gasteiger charge is -2.16. The molecule has 122 valence electrons. The first-order valence-corrected chi connectivity index (χ1v) is 8.08. The van der Waals surface area contributed by atoms with Crippen molar-refractivity contribution in [3.05, 3.63) is 58.6 Å². The second-order valence-corrected chi connectivity index (χ2v) is 6.37. The van der Waals surface area contributed by atoms with Gasteiger partial charge in [0.05, 0.1) is 0 Å². The fourth-order valence-electron chi connectivity index (χ4n) is 2.19. The largest absolute Gasteiger partial charge is 0.481 e. The molecule has 2 rings (SSSR count). The number of anilines is 1. The van der Waals surface area contributed by atoms with Crippen molar-refractivity contribution < 1.29 is 9.53 Å². The minimum atomic E-state index is -0.588. The minimum absolute atomic E-state index is 0.191. The van der Waals surface area contributed by atoms with Crippen molar-refractivity contribution in [2.24, 2.45) is 0 Å². The van der Waals surface area contributed by atoms with Crippen LogP contribution in [0.4, 0.5) is 5.69 Å². The maximum Gasteiger partial charge on any atom is 0.265 e. The van der Waals surface area contributed by atoms with Gasteiger partial charge in [-0.1, -0.05) is 37.6 Å². The van der Waals surface area contributed by atoms with Crippen molar-refractivity contribution in [2.75, 3.05) is 5.32 Å². The van der Waals surface area contributed by atoms with Crippen LogP contribution < -0.4 is 10.1 Å². The Hall–Kier alpha value is -2.00. The third-order valence-corrected chi connectivity index (χ3v) is 3.91. The van der Waals surface area contributed by atoms with E-state index in [1.54, 1.807) is 19.1 Å². The standard InChI is InChI=1S/C19H22ClNO2/c1-12(2)15-5-8-17(9-6-15)23-14(4)19(22)21-18-10-7-16(20)11-13(18)3/h5-12,14H,1-4H3,(H,21,22). The van der Waals surface area contributed by atoms with Crippen molar-refractivity contribution in [2.45, 2.75) is 39.7 Å². The Balaban J connectivity index is 1.99. The molecule has 0 aromatic heterocycles. The number of hydrogen-bond donors (Lipinski definition) is 1. The van der Waals surface area contributed by atoms with Crippen molar-refractivity contribution in [3.8, 4) is 5.75 Å². The number of hydrogen-bond acceptors (Lipinski definition) is 2. The van der Waals surface area contributed by atoms with E-state index in [-0.39, 0.29) is 5.91 Å². The SMILES string of the molecule is Cc1cc(Cl)ccc1NC(=O)C(C)Oc1ccc(C(C)C)cc1. The van der Waals surface area contributed by atoms with Gasteiger partial charge in [0.25, 0.3) is 5.91 Å². The first-order valence-electron chi connectivity index (χ1n) is 7.70. The molecule has 1 amide bonds. The summed E-state index contributed by atoms with van der Waals surface area (Å²) in [6.45, 7) is 7.91. The van der Waals surface area contributed by atoms with Crippen LogP contribution in [0.1, 0.15) is 37.8 Å². The molecule has 2 aromatic rings. The van der Waals surface area contributed by atoms with Gasteiger partial charge < -0.3 is 10.1 Å². The van der Waals surface area contributed by atoms with Crippen LogP contribution in [-0.2, 0) is 4.79 Å². The van der Waals surface area contributed by atoms with Crippen molar-refractivity contribution in [3.63, 3.8) is 0 Å². The Morgan fingerprint density at radius 2 is 1.74 bits per heavy atom. The van der Waals surface area contributed by atoms with Gasteiger partial charge in [-0.3, -0.25) is 4.79 Å². The van der Waals surface area contributed by atoms with Gasteiger partial charge >= 0.3 is 0 Å². The summed E-state index contributed by atoms with van der Waals surface area (Å²) in [4.78, 5) is 12.3. The molecular weight excluding hydrogens is 310 g/mol. The summed E-state index contributed by atoms with van der Waals surface area (Å²) < 4.78 is 5.71. The Morgan fingerprint density at radius 3 is 2.30 bits per heavy atom. The van der Waals surface area contributed by atoms with E-state index in [2.05, 4.69) is 19.2 Å². The van der Waals surface area contributed by atoms with Crippen LogP contribution in [0.5, 0.6) is 5.75 Å². The zero-order chi connectivity index (χ0) is 17.0. The van der Waals surface area contributed by atoms with Crippen molar-refractivity contribution in [1.82, 2.24) is 0 Å². The predicted molar refractivity (Wildman–Crippen MR) is 95.4 cm³/mol. The van der Waals surface area contributed by atoms with Crippen LogP contribution in [0.25, 0.3) is 0 Å². The number of aryl methyl sites for hydroxylation is 1. The Morgan fingerprint density at radius 1 is 1.09 bits per heavy atom. The van der Waals surface area contributed by atoms with Crippen molar-refractivity contribution >= 4 is 23.2 Å². The zero-order valence-corrected chi connectivity index (χ0v) is 14.6. The fourth-order valence-corrected chi connectivity index (χ4v) is 2.42. The summed E-state index contributed by atoms with van der Waals surface area (Å²) in [7, 11) is 0. The molecule has 4 heteroatoms. The molecule has 0 fully saturated rings. The van der Waals surface area contributed by atoms with Crippen LogP contribution in [0.15, 0.2) is 42.5 Å². The number of carbonyl (C=O) groups is 1. The van der Waals surface area contributed by atoms with E-state index < -0.39 is 6.10 Å². The summed E-state index contributed by atoms with van der Waals surface area (Å²) in [6, 6.07) is 13.2. The highest BCUT2D eigenvalue weighted by atomic mass is 35.5. The van der Waals surface area contributed by atoms with Gasteiger partial charge in [-0.25, -0.2) is 0 Å². The van der Waals surface area contributed by atoms with Gasteiger partial charge in [-0.2, -0.15) is 0 Å². The second-order valence-electron chi connectivity index (χ2n) is 5.93. The third-order valence-electron chi connectivity index (χ3n) is 3.68. The van der Waals surface area contributed by atoms with E-state index in [1.807, 2.05) is 37.3 Å². The topological polar surface area (TPSA) is 38.3 Å². The van der Waals surface area contributed by atoms with Gasteiger partial charge in [0.2, 0.25) is 0 Å². The summed E-state index contributed by atoms with van der Waals surface area (Å²) in [5.74, 6) is 0.964. The summed E-state index contributed by atoms with van der Waals surface area (Å²) >= 11 is 5.92. The number of rotatable bonds is 5. The number of ether oxygens (including phenoxy) is 1. The van der Waals surface area contributed by atoms with Crippen LogP contribution >= 0.6 is 11.6 Å². The summed E-state index contributed by atoms with van der Waals surface area (Å²) in [5, 5.41) is 3.51. The Kier molecular flexibility index (Phi) is 5.67. The number of halogens is 1. The van der Waals surface area contributed by atoms with E-state index in [0.717, 1.165) is 11.3 Å². The van der Waals surface area contributed by atoms with E-state index >= 15 is 0 Å². The molecule has 1 unspecified atom stereocenters. The van der Waals surface area contributed by atoms with E-state index in [9.17, 15) is 4.79 Å². The molecule has 0 aliphatic heterocycles. The lowest BCUT2D eigenvalue weighted by molar-refractivity contribution is -0.122. The van der Waals surface area contributed by atoms with Crippen LogP contribution in [0.2, 0.25) is 5.02 Å². The first kappa shape index (κ1) is 17.4. The highest BCUT2D eigenvalue weighted by Gasteiger charge is 2.16. The van der Waals surface area contributed by atoms with Gasteiger partial charge in [-0.15, -0.1) is 0 Å². The fraction of sp³-hybridized carbons (Fsp3) is 0.316. The third kappa shape index (κ3) is 4.73. The maximum atomic E-state index is 12.3. The van der Waals surface area contributed by atoms with Gasteiger partial charge in [0, 0.05) is 10.7 Å². The molecule has 1 atom stereocenters. The molecule has 0 bridgehead atoms. The van der Waals surface area contributed by atoms with Gasteiger partial charge in [0.1, 0.15) is 5.75 Å². The second kappa shape index (κ2) is 7.51. The summed E-state index contributed by atoms with van der Waals surface area (Å²) in [6.07, 6.45) is -0.588. The van der Waals surface area contributed by atoms with Crippen LogP contribution in [-0.4, -0.2) is 12.0 Å². The van der Waals surface area contributed by atoms with E-state index in [1.165, 1.54) is 5.56 Å². The van der Waals surface area contributed by atoms with Gasteiger partial charge in [-0.05, 0) is 61.2 Å². The molecule has 2 aromatic carbocycles. The molecule has 0 radical (unpaired) electrons. The lowest BCUT2D eigenvalue weighted by atomic mass is 10.0. The molecule has 23 heavy (non-hydrogen) atoms. The van der Waals surface area contributed by atoms with Crippen molar-refractivity contribution in [1.29, 1.82) is 0 Å². The number of nitrogens with one attached hydrogen (secondary N) is 1. The monoisotopic (exact) mass is 331 g/mol. The van der Waals surface area contributed by atoms with E-state index in [4.69, 9.17) is 16.3 Å². The molecule has 0 saturated heterocycles. The van der Waals surface area contributed by atoms with Crippen LogP contribution in [0, 0.1) is 6.92 Å². The smallest absolute Gasteiger partial charge is 0.265 e. The minimum Gasteiger partial charge on any atom is -0.481 e. The molecule has 0 aliphatic rings. The quantitative estimate of drug-likeness (QED) is 0.820. The molecule has 0 saturated carbocycles. The molecule has 0 spiro atoms. The van der Waals surface area contributed by atoms with Gasteiger partial charge in [0.15, 0.2) is 6.10 Å². The highest BCUT2D eigenvalue weighted by molar-refractivity contribution is 6.30. The normalized spacial score (nSPS) is 12.1. The maximum absolute atomic E-state index is 12.3. The number of amides is 1. The average molecular weight is 332 g/mol. The first-order chi connectivity index (χ1) is 10.9. The van der Waals surface area contributed by atoms with Crippen LogP contribution in [0.3, 0.4) is 0 Å².